The van der Waals surface area contributed by atoms with Crippen LogP contribution in [-0.4, -0.2) is 69.0 Å². The van der Waals surface area contributed by atoms with E-state index in [1.54, 1.807) is 11.8 Å². The van der Waals surface area contributed by atoms with Crippen LogP contribution in [0, 0.1) is 13.8 Å². The average molecular weight is 511 g/mol. The number of piperazine rings is 1. The Balaban J connectivity index is 1.31. The Hall–Kier alpha value is -3.26. The molecule has 3 aromatic carbocycles. The molecule has 1 saturated heterocycles. The van der Waals surface area contributed by atoms with E-state index in [0.717, 1.165) is 67.5 Å². The molecule has 0 bridgehead atoms. The van der Waals surface area contributed by atoms with E-state index in [1.165, 1.54) is 16.0 Å². The normalized spacial score (nSPS) is 15.0. The fourth-order valence-electron chi connectivity index (χ4n) is 4.95. The van der Waals surface area contributed by atoms with Crippen LogP contribution in [0.25, 0.3) is 23.2 Å². The molecular weight excluding hydrogens is 476 g/mol. The third-order valence-corrected chi connectivity index (χ3v) is 7.74. The molecule has 1 fully saturated rings. The monoisotopic (exact) mass is 510 g/mol. The predicted molar refractivity (Wildman–Crippen MR) is 153 cm³/mol. The van der Waals surface area contributed by atoms with E-state index in [0.29, 0.717) is 0 Å². The molecule has 0 radical (unpaired) electrons. The largest absolute Gasteiger partial charge is 0.297 e. The van der Waals surface area contributed by atoms with Crippen molar-refractivity contribution in [3.05, 3.63) is 95.1 Å². The smallest absolute Gasteiger partial charge is 0.187 e. The van der Waals surface area contributed by atoms with Gasteiger partial charge in [0.2, 0.25) is 0 Å². The maximum absolute atomic E-state index is 4.50. The summed E-state index contributed by atoms with van der Waals surface area (Å²) in [4.78, 5) is 6.28. The van der Waals surface area contributed by atoms with Gasteiger partial charge in [0.15, 0.2) is 5.82 Å². The second-order valence-corrected chi connectivity index (χ2v) is 10.4. The van der Waals surface area contributed by atoms with Crippen molar-refractivity contribution >= 4 is 17.8 Å². The van der Waals surface area contributed by atoms with E-state index < -0.39 is 0 Å². The zero-order valence-electron chi connectivity index (χ0n) is 21.8. The minimum absolute atomic E-state index is 0.799. The highest BCUT2D eigenvalue weighted by Gasteiger charge is 2.21. The molecule has 4 aromatic rings. The summed E-state index contributed by atoms with van der Waals surface area (Å²) in [6, 6.07) is 23.5. The molecule has 37 heavy (non-hydrogen) atoms. The van der Waals surface area contributed by atoms with Crippen LogP contribution in [-0.2, 0) is 6.54 Å². The molecule has 6 nitrogen and oxygen atoms in total. The summed E-state index contributed by atoms with van der Waals surface area (Å²) in [6.07, 6.45) is 6.60. The molecule has 0 aliphatic carbocycles. The van der Waals surface area contributed by atoms with Gasteiger partial charge in [0.05, 0.1) is 5.69 Å². The summed E-state index contributed by atoms with van der Waals surface area (Å²) in [6.45, 7) is 10.3. The van der Waals surface area contributed by atoms with Crippen LogP contribution in [0.1, 0.15) is 22.3 Å². The van der Waals surface area contributed by atoms with E-state index >= 15 is 0 Å². The van der Waals surface area contributed by atoms with Crippen molar-refractivity contribution in [3.8, 4) is 17.1 Å². The molecule has 1 aliphatic rings. The fraction of sp³-hybridized carbons (Fsp3) is 0.300. The van der Waals surface area contributed by atoms with Gasteiger partial charge in [0, 0.05) is 49.7 Å². The minimum Gasteiger partial charge on any atom is -0.297 e. The van der Waals surface area contributed by atoms with E-state index in [9.17, 15) is 0 Å². The molecule has 0 unspecified atom stereocenters. The molecule has 0 spiro atoms. The van der Waals surface area contributed by atoms with Crippen LogP contribution < -0.4 is 0 Å². The summed E-state index contributed by atoms with van der Waals surface area (Å²) in [5.74, 6) is 0.799. The number of tetrazole rings is 1. The van der Waals surface area contributed by atoms with Gasteiger partial charge >= 0.3 is 0 Å². The zero-order valence-corrected chi connectivity index (χ0v) is 22.7. The van der Waals surface area contributed by atoms with Crippen molar-refractivity contribution in [1.29, 1.82) is 0 Å². The standard InChI is InChI=1S/C30H34N6S/c1-23-9-7-10-24(2)29(23)36-30(31-32-33-36)28-21-27(37-3)15-14-26(28)22-35-19-17-34(18-20-35)16-8-13-25-11-5-4-6-12-25/h4-15,21H,16-20,22H2,1-3H3. The first-order valence-electron chi connectivity index (χ1n) is 12.8. The lowest BCUT2D eigenvalue weighted by atomic mass is 10.0. The Bertz CT molecular complexity index is 1340. The van der Waals surface area contributed by atoms with Crippen LogP contribution in [0.15, 0.2) is 77.7 Å². The molecule has 1 aromatic heterocycles. The van der Waals surface area contributed by atoms with Crippen molar-refractivity contribution in [1.82, 2.24) is 30.0 Å². The molecule has 1 aliphatic heterocycles. The second kappa shape index (κ2) is 11.9. The van der Waals surface area contributed by atoms with Gasteiger partial charge < -0.3 is 0 Å². The number of thioether (sulfide) groups is 1. The van der Waals surface area contributed by atoms with Crippen LogP contribution in [0.3, 0.4) is 0 Å². The third kappa shape index (κ3) is 6.01. The number of nitrogens with zero attached hydrogens (tertiary/aromatic N) is 6. The molecule has 7 heteroatoms. The van der Waals surface area contributed by atoms with Crippen LogP contribution >= 0.6 is 11.8 Å². The summed E-state index contributed by atoms with van der Waals surface area (Å²) in [5.41, 5.74) is 7.00. The molecule has 5 rings (SSSR count). The summed E-state index contributed by atoms with van der Waals surface area (Å²) < 4.78 is 1.91. The molecule has 190 valence electrons. The fourth-order valence-corrected chi connectivity index (χ4v) is 5.39. The Morgan fingerprint density at radius 2 is 1.59 bits per heavy atom. The van der Waals surface area contributed by atoms with E-state index in [-0.39, 0.29) is 0 Å². The number of hydrogen-bond donors (Lipinski definition) is 0. The molecule has 2 heterocycles. The first-order chi connectivity index (χ1) is 18.1. The molecule has 0 amide bonds. The van der Waals surface area contributed by atoms with Gasteiger partial charge in [-0.2, -0.15) is 4.68 Å². The number of aryl methyl sites for hydroxylation is 2. The van der Waals surface area contributed by atoms with E-state index in [2.05, 4.69) is 124 Å². The summed E-state index contributed by atoms with van der Waals surface area (Å²) in [5, 5.41) is 13.0. The highest BCUT2D eigenvalue weighted by molar-refractivity contribution is 7.98. The van der Waals surface area contributed by atoms with Crippen molar-refractivity contribution < 1.29 is 0 Å². The van der Waals surface area contributed by atoms with Crippen molar-refractivity contribution in [2.24, 2.45) is 0 Å². The summed E-state index contributed by atoms with van der Waals surface area (Å²) in [7, 11) is 0. The predicted octanol–water partition coefficient (Wildman–Crippen LogP) is 5.50. The lowest BCUT2D eigenvalue weighted by molar-refractivity contribution is 0.137. The summed E-state index contributed by atoms with van der Waals surface area (Å²) >= 11 is 1.74. The van der Waals surface area contributed by atoms with Crippen molar-refractivity contribution in [3.63, 3.8) is 0 Å². The first-order valence-corrected chi connectivity index (χ1v) is 14.0. The quantitative estimate of drug-likeness (QED) is 0.292. The van der Waals surface area contributed by atoms with Crippen LogP contribution in [0.4, 0.5) is 0 Å². The average Bonchev–Trinajstić information content (AvgIpc) is 3.39. The molecule has 0 saturated carbocycles. The Morgan fingerprint density at radius 3 is 2.32 bits per heavy atom. The maximum atomic E-state index is 4.50. The highest BCUT2D eigenvalue weighted by atomic mass is 32.2. The minimum atomic E-state index is 0.799. The molecular formula is C30H34N6S. The molecule has 0 atom stereocenters. The number of aromatic nitrogens is 4. The van der Waals surface area contributed by atoms with E-state index in [1.807, 2.05) is 4.68 Å². The zero-order chi connectivity index (χ0) is 25.6. The van der Waals surface area contributed by atoms with E-state index in [4.69, 9.17) is 0 Å². The van der Waals surface area contributed by atoms with Gasteiger partial charge in [-0.05, 0) is 64.9 Å². The number of rotatable bonds is 8. The first kappa shape index (κ1) is 25.4. The third-order valence-electron chi connectivity index (χ3n) is 7.01. The number of benzene rings is 3. The Kier molecular flexibility index (Phi) is 8.14. The van der Waals surface area contributed by atoms with Gasteiger partial charge in [-0.25, -0.2) is 0 Å². The number of para-hydroxylation sites is 1. The van der Waals surface area contributed by atoms with Gasteiger partial charge in [-0.15, -0.1) is 16.9 Å². The second-order valence-electron chi connectivity index (χ2n) is 9.57. The van der Waals surface area contributed by atoms with Gasteiger partial charge in [0.1, 0.15) is 0 Å². The Morgan fingerprint density at radius 1 is 0.865 bits per heavy atom. The Labute approximate surface area is 224 Å². The van der Waals surface area contributed by atoms with Crippen molar-refractivity contribution in [2.75, 3.05) is 39.0 Å². The van der Waals surface area contributed by atoms with Crippen molar-refractivity contribution in [2.45, 2.75) is 25.3 Å². The lowest BCUT2D eigenvalue weighted by Gasteiger charge is -2.34. The maximum Gasteiger partial charge on any atom is 0.187 e. The topological polar surface area (TPSA) is 50.1 Å². The highest BCUT2D eigenvalue weighted by Crippen LogP contribution is 2.30. The SMILES string of the molecule is CSc1ccc(CN2CCN(CC=Cc3ccccc3)CC2)c(-c2nnnn2-c2c(C)cccc2C)c1. The number of hydrogen-bond acceptors (Lipinski definition) is 6. The van der Waals surface area contributed by atoms with Gasteiger partial charge in [-0.1, -0.05) is 66.7 Å². The van der Waals surface area contributed by atoms with Crippen LogP contribution in [0.5, 0.6) is 0 Å². The van der Waals surface area contributed by atoms with Crippen LogP contribution in [0.2, 0.25) is 0 Å². The molecule has 0 N–H and O–H groups in total. The van der Waals surface area contributed by atoms with Gasteiger partial charge in [-0.3, -0.25) is 9.80 Å². The van der Waals surface area contributed by atoms with Gasteiger partial charge in [0.25, 0.3) is 0 Å². The lowest BCUT2D eigenvalue weighted by Crippen LogP contribution is -2.45.